The zero-order valence-electron chi connectivity index (χ0n) is 15.2. The molecule has 2 amide bonds. The molecule has 28 heavy (non-hydrogen) atoms. The summed E-state index contributed by atoms with van der Waals surface area (Å²) in [5, 5.41) is 0.708. The fourth-order valence-electron chi connectivity index (χ4n) is 3.41. The van der Waals surface area contributed by atoms with Crippen molar-refractivity contribution in [3.8, 4) is 0 Å². The molecular formula is C20H20N4O3S. The summed E-state index contributed by atoms with van der Waals surface area (Å²) in [7, 11) is 0. The Kier molecular flexibility index (Phi) is 5.21. The quantitative estimate of drug-likeness (QED) is 0.661. The summed E-state index contributed by atoms with van der Waals surface area (Å²) in [6.45, 7) is 0.208. The second-order valence-corrected chi connectivity index (χ2v) is 7.84. The van der Waals surface area contributed by atoms with E-state index < -0.39 is 0 Å². The number of nitrogens with zero attached hydrogens (tertiary/aromatic N) is 2. The molecule has 2 heterocycles. The van der Waals surface area contributed by atoms with Crippen LogP contribution in [0.2, 0.25) is 0 Å². The smallest absolute Gasteiger partial charge is 0.269 e. The van der Waals surface area contributed by atoms with Gasteiger partial charge >= 0.3 is 0 Å². The molecule has 1 aliphatic carbocycles. The van der Waals surface area contributed by atoms with Crippen molar-refractivity contribution in [2.24, 2.45) is 0 Å². The van der Waals surface area contributed by atoms with E-state index in [9.17, 15) is 14.4 Å². The minimum absolute atomic E-state index is 0.0640. The first-order chi connectivity index (χ1) is 13.6. The van der Waals surface area contributed by atoms with Gasteiger partial charge in [0.2, 0.25) is 5.91 Å². The first kappa shape index (κ1) is 18.4. The summed E-state index contributed by atoms with van der Waals surface area (Å²) in [5.74, 6) is -0.761. The van der Waals surface area contributed by atoms with E-state index >= 15 is 0 Å². The van der Waals surface area contributed by atoms with Crippen molar-refractivity contribution in [1.82, 2.24) is 20.4 Å². The van der Waals surface area contributed by atoms with Gasteiger partial charge in [-0.25, -0.2) is 4.98 Å². The van der Waals surface area contributed by atoms with Gasteiger partial charge in [0.25, 0.3) is 11.5 Å². The summed E-state index contributed by atoms with van der Waals surface area (Å²) in [4.78, 5) is 43.3. The first-order valence-corrected chi connectivity index (χ1v) is 10.1. The number of thiophene rings is 1. The van der Waals surface area contributed by atoms with Crippen molar-refractivity contribution < 1.29 is 9.59 Å². The number of carbonyl (C=O) groups is 2. The minimum atomic E-state index is -0.390. The molecule has 2 N–H and O–H groups in total. The molecule has 0 saturated carbocycles. The zero-order valence-corrected chi connectivity index (χ0v) is 16.1. The van der Waals surface area contributed by atoms with E-state index in [4.69, 9.17) is 0 Å². The third-order valence-electron chi connectivity index (χ3n) is 4.87. The minimum Gasteiger partial charge on any atom is -0.298 e. The van der Waals surface area contributed by atoms with Gasteiger partial charge in [-0.1, -0.05) is 18.2 Å². The summed E-state index contributed by atoms with van der Waals surface area (Å²) < 4.78 is 1.47. The molecule has 0 unspecified atom stereocenters. The Bertz CT molecular complexity index is 1090. The van der Waals surface area contributed by atoms with Crippen LogP contribution >= 0.6 is 11.3 Å². The maximum atomic E-state index is 12.9. The van der Waals surface area contributed by atoms with Gasteiger partial charge in [0.15, 0.2) is 0 Å². The van der Waals surface area contributed by atoms with Crippen molar-refractivity contribution in [2.45, 2.75) is 38.6 Å². The molecule has 1 aromatic carbocycles. The van der Waals surface area contributed by atoms with E-state index in [1.807, 2.05) is 6.07 Å². The van der Waals surface area contributed by atoms with E-state index in [0.717, 1.165) is 36.1 Å². The van der Waals surface area contributed by atoms with Gasteiger partial charge in [-0.2, -0.15) is 0 Å². The molecule has 0 aliphatic heterocycles. The Morgan fingerprint density at radius 2 is 1.89 bits per heavy atom. The highest BCUT2D eigenvalue weighted by molar-refractivity contribution is 7.18. The highest BCUT2D eigenvalue weighted by Gasteiger charge is 2.20. The number of nitrogens with one attached hydrogen (secondary N) is 2. The number of fused-ring (bicyclic) bond motifs is 3. The molecule has 4 rings (SSSR count). The van der Waals surface area contributed by atoms with E-state index in [2.05, 4.69) is 15.8 Å². The van der Waals surface area contributed by atoms with Crippen molar-refractivity contribution in [1.29, 1.82) is 0 Å². The van der Waals surface area contributed by atoms with E-state index in [1.165, 1.54) is 15.8 Å². The molecule has 2 aromatic heterocycles. The summed E-state index contributed by atoms with van der Waals surface area (Å²) in [6.07, 6.45) is 5.75. The molecule has 0 radical (unpaired) electrons. The number of aryl methyl sites for hydroxylation is 3. The number of carbonyl (C=O) groups excluding carboxylic acids is 2. The monoisotopic (exact) mass is 396 g/mol. The maximum Gasteiger partial charge on any atom is 0.269 e. The van der Waals surface area contributed by atoms with Gasteiger partial charge in [0, 0.05) is 23.4 Å². The van der Waals surface area contributed by atoms with Crippen molar-refractivity contribution >= 4 is 33.4 Å². The second-order valence-electron chi connectivity index (χ2n) is 6.75. The molecule has 0 saturated heterocycles. The summed E-state index contributed by atoms with van der Waals surface area (Å²) in [6, 6.07) is 8.61. The average Bonchev–Trinajstić information content (AvgIpc) is 3.11. The predicted molar refractivity (Wildman–Crippen MR) is 107 cm³/mol. The standard InChI is InChI=1S/C20H20N4O3S/c25-16(22-23-18(26)13-6-2-1-3-7-13)10-11-24-12-21-19-17(20(24)27)14-8-4-5-9-15(14)28-19/h1-3,6-7,12H,4-5,8-11H2,(H,22,25)(H,23,26). The molecule has 1 aliphatic rings. The Morgan fingerprint density at radius 3 is 2.71 bits per heavy atom. The fourth-order valence-corrected chi connectivity index (χ4v) is 4.63. The molecule has 8 heteroatoms. The highest BCUT2D eigenvalue weighted by Crippen LogP contribution is 2.33. The SMILES string of the molecule is O=C(CCn1cnc2sc3c(c2c1=O)CCCC3)NNC(=O)c1ccccc1. The average molecular weight is 396 g/mol. The zero-order chi connectivity index (χ0) is 19.5. The molecule has 7 nitrogen and oxygen atoms in total. The van der Waals surface area contributed by atoms with Gasteiger partial charge in [-0.3, -0.25) is 29.8 Å². The van der Waals surface area contributed by atoms with Crippen LogP contribution in [0.4, 0.5) is 0 Å². The van der Waals surface area contributed by atoms with Crippen molar-refractivity contribution in [3.63, 3.8) is 0 Å². The molecule has 0 bridgehead atoms. The predicted octanol–water partition coefficient (Wildman–Crippen LogP) is 2.19. The van der Waals surface area contributed by atoms with Crippen LogP contribution < -0.4 is 16.4 Å². The molecule has 144 valence electrons. The topological polar surface area (TPSA) is 93.1 Å². The van der Waals surface area contributed by atoms with Crippen LogP contribution in [0.5, 0.6) is 0 Å². The normalized spacial score (nSPS) is 13.1. The Balaban J connectivity index is 1.40. The highest BCUT2D eigenvalue weighted by atomic mass is 32.1. The Labute approximate surface area is 165 Å². The third kappa shape index (κ3) is 3.68. The number of aromatic nitrogens is 2. The molecule has 0 spiro atoms. The number of hydrogen-bond acceptors (Lipinski definition) is 5. The van der Waals surface area contributed by atoms with Crippen molar-refractivity contribution in [3.05, 3.63) is 63.0 Å². The van der Waals surface area contributed by atoms with Gasteiger partial charge in [-0.15, -0.1) is 11.3 Å². The summed E-state index contributed by atoms with van der Waals surface area (Å²) >= 11 is 1.61. The molecular weight excluding hydrogens is 376 g/mol. The second kappa shape index (κ2) is 7.93. The number of amides is 2. The lowest BCUT2D eigenvalue weighted by Crippen LogP contribution is -2.42. The lowest BCUT2D eigenvalue weighted by Gasteiger charge is -2.11. The fraction of sp³-hybridized carbons (Fsp3) is 0.300. The van der Waals surface area contributed by atoms with Crippen LogP contribution in [0, 0.1) is 0 Å². The van der Waals surface area contributed by atoms with Gasteiger partial charge in [0.1, 0.15) is 4.83 Å². The molecule has 0 atom stereocenters. The van der Waals surface area contributed by atoms with E-state index in [0.29, 0.717) is 10.9 Å². The number of rotatable bonds is 4. The Morgan fingerprint density at radius 1 is 1.11 bits per heavy atom. The maximum absolute atomic E-state index is 12.9. The number of hydrogen-bond donors (Lipinski definition) is 2. The molecule has 3 aromatic rings. The number of benzene rings is 1. The van der Waals surface area contributed by atoms with Gasteiger partial charge in [-0.05, 0) is 43.4 Å². The van der Waals surface area contributed by atoms with Crippen LogP contribution in [0.15, 0.2) is 41.5 Å². The lowest BCUT2D eigenvalue weighted by molar-refractivity contribution is -0.122. The number of hydrazine groups is 1. The van der Waals surface area contributed by atoms with Crippen LogP contribution in [-0.2, 0) is 24.2 Å². The third-order valence-corrected chi connectivity index (χ3v) is 6.07. The summed E-state index contributed by atoms with van der Waals surface area (Å²) in [5.41, 5.74) is 6.26. The van der Waals surface area contributed by atoms with Crippen LogP contribution in [0.1, 0.15) is 40.1 Å². The van der Waals surface area contributed by atoms with Crippen LogP contribution in [0.25, 0.3) is 10.2 Å². The van der Waals surface area contributed by atoms with Gasteiger partial charge in [0.05, 0.1) is 11.7 Å². The van der Waals surface area contributed by atoms with E-state index in [1.54, 1.807) is 35.6 Å². The van der Waals surface area contributed by atoms with Crippen molar-refractivity contribution in [2.75, 3.05) is 0 Å². The largest absolute Gasteiger partial charge is 0.298 e. The van der Waals surface area contributed by atoms with Crippen LogP contribution in [0.3, 0.4) is 0 Å². The lowest BCUT2D eigenvalue weighted by atomic mass is 9.97. The van der Waals surface area contributed by atoms with Crippen LogP contribution in [-0.4, -0.2) is 21.4 Å². The van der Waals surface area contributed by atoms with E-state index in [-0.39, 0.29) is 30.3 Å². The van der Waals surface area contributed by atoms with Gasteiger partial charge < -0.3 is 0 Å². The molecule has 0 fully saturated rings. The Hall–Kier alpha value is -3.00. The first-order valence-electron chi connectivity index (χ1n) is 9.27.